The normalized spacial score (nSPS) is 20.0. The number of ether oxygens (including phenoxy) is 4. The molecule has 2 heterocycles. The van der Waals surface area contributed by atoms with Gasteiger partial charge in [-0.2, -0.15) is 0 Å². The maximum Gasteiger partial charge on any atom is 0.295 e. The first-order valence-electron chi connectivity index (χ1n) is 11.8. The molecule has 0 saturated carbocycles. The monoisotopic (exact) mass is 496 g/mol. The van der Waals surface area contributed by atoms with Crippen molar-refractivity contribution in [3.63, 3.8) is 0 Å². The topological polar surface area (TPSA) is 97.8 Å². The third kappa shape index (κ3) is 4.89. The first-order chi connectivity index (χ1) is 17.4. The Labute approximate surface area is 210 Å². The molecule has 2 aromatic rings. The molecule has 0 aromatic heterocycles. The molecule has 0 aliphatic carbocycles. The summed E-state index contributed by atoms with van der Waals surface area (Å²) in [6.07, 6.45) is 0. The highest BCUT2D eigenvalue weighted by molar-refractivity contribution is 6.46. The molecule has 9 heteroatoms. The van der Waals surface area contributed by atoms with Gasteiger partial charge in [0.25, 0.3) is 11.7 Å². The number of benzene rings is 2. The van der Waals surface area contributed by atoms with Gasteiger partial charge in [0.2, 0.25) is 0 Å². The van der Waals surface area contributed by atoms with Gasteiger partial charge in [0.05, 0.1) is 46.2 Å². The van der Waals surface area contributed by atoms with E-state index in [1.807, 2.05) is 6.92 Å². The van der Waals surface area contributed by atoms with Crippen molar-refractivity contribution >= 4 is 17.4 Å². The van der Waals surface area contributed by atoms with Crippen LogP contribution in [0, 0.1) is 6.92 Å². The number of morpholine rings is 1. The van der Waals surface area contributed by atoms with E-state index in [1.54, 1.807) is 50.6 Å². The summed E-state index contributed by atoms with van der Waals surface area (Å²) in [5.41, 5.74) is 1.79. The summed E-state index contributed by atoms with van der Waals surface area (Å²) in [6.45, 7) is 5.47. The van der Waals surface area contributed by atoms with Gasteiger partial charge in [-0.3, -0.25) is 14.5 Å². The van der Waals surface area contributed by atoms with Crippen LogP contribution in [0.4, 0.5) is 0 Å². The van der Waals surface area contributed by atoms with E-state index in [4.69, 9.17) is 18.9 Å². The number of aliphatic hydroxyl groups is 1. The van der Waals surface area contributed by atoms with Gasteiger partial charge < -0.3 is 29.0 Å². The third-order valence-electron chi connectivity index (χ3n) is 6.72. The summed E-state index contributed by atoms with van der Waals surface area (Å²) < 4.78 is 21.7. The molecule has 4 rings (SSSR count). The standard InChI is InChI=1S/C27H32N2O7/c1-17-15-18(33-2)5-7-20(17)25(30)23-24(21-8-6-19(34-3)16-22(21)35-4)29(27(32)26(23)31)10-9-28-11-13-36-14-12-28/h5-8,15-16,24,30H,9-14H2,1-4H3/t24-/m1/s1. The largest absolute Gasteiger partial charge is 0.507 e. The molecule has 0 spiro atoms. The van der Waals surface area contributed by atoms with Crippen molar-refractivity contribution in [1.29, 1.82) is 0 Å². The van der Waals surface area contributed by atoms with Crippen molar-refractivity contribution in [3.05, 3.63) is 58.7 Å². The maximum atomic E-state index is 13.4. The van der Waals surface area contributed by atoms with Crippen LogP contribution in [-0.4, -0.2) is 87.3 Å². The Morgan fingerprint density at radius 3 is 2.28 bits per heavy atom. The summed E-state index contributed by atoms with van der Waals surface area (Å²) in [5, 5.41) is 11.4. The highest BCUT2D eigenvalue weighted by atomic mass is 16.5. The molecule has 2 fully saturated rings. The average Bonchev–Trinajstić information content (AvgIpc) is 3.16. The number of methoxy groups -OCH3 is 3. The number of hydrogen-bond donors (Lipinski definition) is 1. The number of carbonyl (C=O) groups excluding carboxylic acids is 2. The van der Waals surface area contributed by atoms with Crippen LogP contribution in [0.1, 0.15) is 22.7 Å². The zero-order chi connectivity index (χ0) is 25.8. The minimum atomic E-state index is -0.826. The van der Waals surface area contributed by atoms with Gasteiger partial charge in [-0.15, -0.1) is 0 Å². The molecule has 1 N–H and O–H groups in total. The molecular formula is C27H32N2O7. The van der Waals surface area contributed by atoms with E-state index >= 15 is 0 Å². The van der Waals surface area contributed by atoms with E-state index in [1.165, 1.54) is 12.0 Å². The Kier molecular flexibility index (Phi) is 7.81. The van der Waals surface area contributed by atoms with E-state index in [0.29, 0.717) is 60.2 Å². The molecule has 192 valence electrons. The Hall–Kier alpha value is -3.56. The SMILES string of the molecule is COc1ccc(C(O)=C2C(=O)C(=O)N(CCN3CCOCC3)[C@@H]2c2ccc(OC)cc2OC)c(C)c1. The fourth-order valence-electron chi connectivity index (χ4n) is 4.73. The predicted molar refractivity (Wildman–Crippen MR) is 134 cm³/mol. The van der Waals surface area contributed by atoms with Gasteiger partial charge in [-0.25, -0.2) is 0 Å². The van der Waals surface area contributed by atoms with Crippen LogP contribution in [-0.2, 0) is 14.3 Å². The highest BCUT2D eigenvalue weighted by Crippen LogP contribution is 2.44. The number of aliphatic hydroxyl groups excluding tert-OH is 1. The molecule has 2 aliphatic rings. The molecule has 2 saturated heterocycles. The first kappa shape index (κ1) is 25.5. The Morgan fingerprint density at radius 1 is 0.972 bits per heavy atom. The van der Waals surface area contributed by atoms with Crippen LogP contribution in [0.3, 0.4) is 0 Å². The number of amides is 1. The van der Waals surface area contributed by atoms with Gasteiger partial charge in [0.15, 0.2) is 0 Å². The number of hydrogen-bond acceptors (Lipinski definition) is 8. The third-order valence-corrected chi connectivity index (χ3v) is 6.72. The predicted octanol–water partition coefficient (Wildman–Crippen LogP) is 2.77. The van der Waals surface area contributed by atoms with Crippen LogP contribution in [0.2, 0.25) is 0 Å². The van der Waals surface area contributed by atoms with Crippen LogP contribution < -0.4 is 14.2 Å². The Morgan fingerprint density at radius 2 is 1.64 bits per heavy atom. The maximum absolute atomic E-state index is 13.4. The number of likely N-dealkylation sites (tertiary alicyclic amines) is 1. The van der Waals surface area contributed by atoms with Crippen molar-refractivity contribution < 1.29 is 33.6 Å². The molecule has 2 aromatic carbocycles. The van der Waals surface area contributed by atoms with E-state index < -0.39 is 17.7 Å². The second-order valence-corrected chi connectivity index (χ2v) is 8.74. The minimum absolute atomic E-state index is 0.0266. The minimum Gasteiger partial charge on any atom is -0.507 e. The number of carbonyl (C=O) groups is 2. The van der Waals surface area contributed by atoms with Gasteiger partial charge >= 0.3 is 0 Å². The number of rotatable bonds is 8. The summed E-state index contributed by atoms with van der Waals surface area (Å²) >= 11 is 0. The fraction of sp³-hybridized carbons (Fsp3) is 0.407. The van der Waals surface area contributed by atoms with E-state index in [9.17, 15) is 14.7 Å². The van der Waals surface area contributed by atoms with E-state index in [-0.39, 0.29) is 11.3 Å². The van der Waals surface area contributed by atoms with Crippen molar-refractivity contribution in [2.75, 3.05) is 60.7 Å². The molecule has 1 atom stereocenters. The summed E-state index contributed by atoms with van der Waals surface area (Å²) in [5.74, 6) is 0.0434. The molecule has 1 amide bonds. The average molecular weight is 497 g/mol. The molecule has 0 unspecified atom stereocenters. The van der Waals surface area contributed by atoms with Gasteiger partial charge in [0.1, 0.15) is 23.0 Å². The number of nitrogens with zero attached hydrogens (tertiary/aromatic N) is 2. The van der Waals surface area contributed by atoms with Crippen molar-refractivity contribution in [3.8, 4) is 17.2 Å². The fourth-order valence-corrected chi connectivity index (χ4v) is 4.73. The lowest BCUT2D eigenvalue weighted by molar-refractivity contribution is -0.140. The summed E-state index contributed by atoms with van der Waals surface area (Å²) in [6, 6.07) is 9.56. The number of Topliss-reactive ketones (excluding diaryl/α,β-unsaturated/α-hetero) is 1. The van der Waals surface area contributed by atoms with E-state index in [2.05, 4.69) is 4.90 Å². The van der Waals surface area contributed by atoms with Gasteiger partial charge in [-0.05, 0) is 42.8 Å². The molecule has 0 radical (unpaired) electrons. The van der Waals surface area contributed by atoms with Crippen molar-refractivity contribution in [2.45, 2.75) is 13.0 Å². The van der Waals surface area contributed by atoms with Crippen molar-refractivity contribution in [1.82, 2.24) is 9.80 Å². The van der Waals surface area contributed by atoms with Crippen LogP contribution in [0.15, 0.2) is 42.0 Å². The first-order valence-corrected chi connectivity index (χ1v) is 11.8. The molecule has 36 heavy (non-hydrogen) atoms. The number of ketones is 1. The highest BCUT2D eigenvalue weighted by Gasteiger charge is 2.47. The van der Waals surface area contributed by atoms with Gasteiger partial charge in [0, 0.05) is 43.4 Å². The van der Waals surface area contributed by atoms with E-state index in [0.717, 1.165) is 13.1 Å². The lowest BCUT2D eigenvalue weighted by Gasteiger charge is -2.31. The van der Waals surface area contributed by atoms with Crippen molar-refractivity contribution in [2.24, 2.45) is 0 Å². The van der Waals surface area contributed by atoms with Crippen LogP contribution in [0.25, 0.3) is 5.76 Å². The zero-order valence-electron chi connectivity index (χ0n) is 21.1. The summed E-state index contributed by atoms with van der Waals surface area (Å²) in [7, 11) is 4.63. The lowest BCUT2D eigenvalue weighted by Crippen LogP contribution is -2.42. The van der Waals surface area contributed by atoms with Crippen LogP contribution in [0.5, 0.6) is 17.2 Å². The quantitative estimate of drug-likeness (QED) is 0.339. The molecule has 0 bridgehead atoms. The second-order valence-electron chi connectivity index (χ2n) is 8.74. The number of aryl methyl sites for hydroxylation is 1. The zero-order valence-corrected chi connectivity index (χ0v) is 21.1. The van der Waals surface area contributed by atoms with Gasteiger partial charge in [-0.1, -0.05) is 0 Å². The Bertz CT molecular complexity index is 1170. The smallest absolute Gasteiger partial charge is 0.295 e. The molecule has 9 nitrogen and oxygen atoms in total. The second kappa shape index (κ2) is 11.0. The summed E-state index contributed by atoms with van der Waals surface area (Å²) in [4.78, 5) is 30.4. The van der Waals surface area contributed by atoms with Crippen LogP contribution >= 0.6 is 0 Å². The molecular weight excluding hydrogens is 464 g/mol. The lowest BCUT2D eigenvalue weighted by atomic mass is 9.93. The molecule has 2 aliphatic heterocycles. The Balaban J connectivity index is 1.82.